The Bertz CT molecular complexity index is 1100. The number of para-hydroxylation sites is 1. The first-order chi connectivity index (χ1) is 15.4. The molecule has 0 saturated carbocycles. The SMILES string of the molecule is Cc1ccc2c(N3CCN(C(=O)CCCC(C)C)CC3)nc(-c3ccccc3O)nc2c1. The van der Waals surface area contributed by atoms with Crippen molar-refractivity contribution in [2.45, 2.75) is 40.0 Å². The first-order valence-electron chi connectivity index (χ1n) is 11.5. The van der Waals surface area contributed by atoms with Gasteiger partial charge in [-0.05, 0) is 49.1 Å². The van der Waals surface area contributed by atoms with Crippen LogP contribution in [0.3, 0.4) is 0 Å². The molecule has 3 aromatic rings. The Kier molecular flexibility index (Phi) is 6.58. The lowest BCUT2D eigenvalue weighted by Gasteiger charge is -2.36. The van der Waals surface area contributed by atoms with Crippen molar-refractivity contribution >= 4 is 22.6 Å². The van der Waals surface area contributed by atoms with Gasteiger partial charge < -0.3 is 14.9 Å². The number of phenolic OH excluding ortho intramolecular Hbond substituents is 1. The fourth-order valence-electron chi connectivity index (χ4n) is 4.23. The summed E-state index contributed by atoms with van der Waals surface area (Å²) >= 11 is 0. The highest BCUT2D eigenvalue weighted by molar-refractivity contribution is 5.92. The molecule has 168 valence electrons. The van der Waals surface area contributed by atoms with Gasteiger partial charge in [0, 0.05) is 38.0 Å². The normalized spacial score (nSPS) is 14.4. The van der Waals surface area contributed by atoms with Crippen LogP contribution in [0.2, 0.25) is 0 Å². The maximum atomic E-state index is 12.6. The summed E-state index contributed by atoms with van der Waals surface area (Å²) in [5.41, 5.74) is 2.61. The molecule has 1 amide bonds. The molecule has 1 aliphatic rings. The molecule has 0 unspecified atom stereocenters. The van der Waals surface area contributed by atoms with Crippen LogP contribution >= 0.6 is 0 Å². The molecular weight excluding hydrogens is 400 g/mol. The number of benzene rings is 2. The largest absolute Gasteiger partial charge is 0.507 e. The topological polar surface area (TPSA) is 69.6 Å². The van der Waals surface area contributed by atoms with Gasteiger partial charge in [0.25, 0.3) is 0 Å². The molecular formula is C26H32N4O2. The van der Waals surface area contributed by atoms with Gasteiger partial charge in [-0.2, -0.15) is 0 Å². The third kappa shape index (κ3) is 4.85. The first-order valence-corrected chi connectivity index (χ1v) is 11.5. The molecule has 1 aliphatic heterocycles. The van der Waals surface area contributed by atoms with Crippen molar-refractivity contribution in [1.29, 1.82) is 0 Å². The van der Waals surface area contributed by atoms with Crippen LogP contribution in [0, 0.1) is 12.8 Å². The zero-order chi connectivity index (χ0) is 22.7. The van der Waals surface area contributed by atoms with E-state index in [-0.39, 0.29) is 11.7 Å². The van der Waals surface area contributed by atoms with Crippen molar-refractivity contribution in [3.63, 3.8) is 0 Å². The lowest BCUT2D eigenvalue weighted by molar-refractivity contribution is -0.131. The number of aromatic nitrogens is 2. The van der Waals surface area contributed by atoms with Crippen LogP contribution in [0.4, 0.5) is 5.82 Å². The Morgan fingerprint density at radius 1 is 1.06 bits per heavy atom. The summed E-state index contributed by atoms with van der Waals surface area (Å²) in [7, 11) is 0. The van der Waals surface area contributed by atoms with E-state index in [1.54, 1.807) is 12.1 Å². The maximum Gasteiger partial charge on any atom is 0.222 e. The van der Waals surface area contributed by atoms with Gasteiger partial charge in [0.05, 0.1) is 11.1 Å². The van der Waals surface area contributed by atoms with Gasteiger partial charge in [0.1, 0.15) is 11.6 Å². The van der Waals surface area contributed by atoms with Gasteiger partial charge in [-0.1, -0.05) is 38.5 Å². The summed E-state index contributed by atoms with van der Waals surface area (Å²) in [6.45, 7) is 9.30. The number of phenols is 1. The highest BCUT2D eigenvalue weighted by Crippen LogP contribution is 2.32. The highest BCUT2D eigenvalue weighted by Gasteiger charge is 2.24. The van der Waals surface area contributed by atoms with Crippen molar-refractivity contribution in [3.8, 4) is 17.1 Å². The Labute approximate surface area is 189 Å². The third-order valence-electron chi connectivity index (χ3n) is 6.08. The molecule has 4 rings (SSSR count). The van der Waals surface area contributed by atoms with E-state index in [1.165, 1.54) is 0 Å². The van der Waals surface area contributed by atoms with E-state index >= 15 is 0 Å². The monoisotopic (exact) mass is 432 g/mol. The zero-order valence-corrected chi connectivity index (χ0v) is 19.2. The Balaban J connectivity index is 1.58. The van der Waals surface area contributed by atoms with Gasteiger partial charge in [-0.15, -0.1) is 0 Å². The molecule has 0 atom stereocenters. The van der Waals surface area contributed by atoms with Crippen LogP contribution < -0.4 is 4.90 Å². The Hall–Kier alpha value is -3.15. The summed E-state index contributed by atoms with van der Waals surface area (Å²) in [6, 6.07) is 13.4. The molecule has 1 N–H and O–H groups in total. The number of anilines is 1. The van der Waals surface area contributed by atoms with E-state index in [0.29, 0.717) is 36.8 Å². The minimum absolute atomic E-state index is 0.169. The number of hydrogen-bond donors (Lipinski definition) is 1. The molecule has 2 aromatic carbocycles. The van der Waals surface area contributed by atoms with Crippen molar-refractivity contribution in [2.75, 3.05) is 31.1 Å². The van der Waals surface area contributed by atoms with Crippen LogP contribution in [0.5, 0.6) is 5.75 Å². The van der Waals surface area contributed by atoms with Gasteiger partial charge in [-0.3, -0.25) is 4.79 Å². The molecule has 0 aliphatic carbocycles. The Morgan fingerprint density at radius 3 is 2.53 bits per heavy atom. The number of carbonyl (C=O) groups is 1. The van der Waals surface area contributed by atoms with Crippen LogP contribution in [0.1, 0.15) is 38.7 Å². The summed E-state index contributed by atoms with van der Waals surface area (Å²) in [5, 5.41) is 11.3. The number of aromatic hydroxyl groups is 1. The second-order valence-corrected chi connectivity index (χ2v) is 9.06. The number of piperazine rings is 1. The van der Waals surface area contributed by atoms with E-state index in [1.807, 2.05) is 24.0 Å². The van der Waals surface area contributed by atoms with Gasteiger partial charge >= 0.3 is 0 Å². The second kappa shape index (κ2) is 9.55. The minimum Gasteiger partial charge on any atom is -0.507 e. The summed E-state index contributed by atoms with van der Waals surface area (Å²) in [6.07, 6.45) is 2.68. The predicted octanol–water partition coefficient (Wildman–Crippen LogP) is 4.79. The van der Waals surface area contributed by atoms with Crippen molar-refractivity contribution in [1.82, 2.24) is 14.9 Å². The second-order valence-electron chi connectivity index (χ2n) is 9.06. The van der Waals surface area contributed by atoms with Crippen LogP contribution in [-0.2, 0) is 4.79 Å². The quantitative estimate of drug-likeness (QED) is 0.607. The zero-order valence-electron chi connectivity index (χ0n) is 19.2. The average molecular weight is 433 g/mol. The van der Waals surface area contributed by atoms with Gasteiger partial charge in [0.15, 0.2) is 5.82 Å². The summed E-state index contributed by atoms with van der Waals surface area (Å²) in [4.78, 5) is 26.4. The van der Waals surface area contributed by atoms with Gasteiger partial charge in [-0.25, -0.2) is 9.97 Å². The van der Waals surface area contributed by atoms with E-state index in [0.717, 1.165) is 48.2 Å². The molecule has 32 heavy (non-hydrogen) atoms. The molecule has 0 bridgehead atoms. The van der Waals surface area contributed by atoms with E-state index in [2.05, 4.69) is 36.9 Å². The Morgan fingerprint density at radius 2 is 1.81 bits per heavy atom. The van der Waals surface area contributed by atoms with E-state index in [9.17, 15) is 9.90 Å². The first kappa shape index (κ1) is 22.1. The average Bonchev–Trinajstić information content (AvgIpc) is 2.78. The highest BCUT2D eigenvalue weighted by atomic mass is 16.3. The minimum atomic E-state index is 0.169. The molecule has 6 heteroatoms. The number of carbonyl (C=O) groups excluding carboxylic acids is 1. The number of nitrogens with zero attached hydrogens (tertiary/aromatic N) is 4. The molecule has 0 radical (unpaired) electrons. The van der Waals surface area contributed by atoms with E-state index in [4.69, 9.17) is 9.97 Å². The maximum absolute atomic E-state index is 12.6. The molecule has 1 aromatic heterocycles. The molecule has 1 fully saturated rings. The number of amides is 1. The van der Waals surface area contributed by atoms with Crippen LogP contribution in [0.15, 0.2) is 42.5 Å². The fraction of sp³-hybridized carbons (Fsp3) is 0.423. The lowest BCUT2D eigenvalue weighted by atomic mass is 10.1. The lowest BCUT2D eigenvalue weighted by Crippen LogP contribution is -2.49. The van der Waals surface area contributed by atoms with Crippen molar-refractivity contribution < 1.29 is 9.90 Å². The number of hydrogen-bond acceptors (Lipinski definition) is 5. The molecule has 1 saturated heterocycles. The van der Waals surface area contributed by atoms with Crippen molar-refractivity contribution in [3.05, 3.63) is 48.0 Å². The summed E-state index contributed by atoms with van der Waals surface area (Å²) in [5.74, 6) is 2.43. The van der Waals surface area contributed by atoms with E-state index < -0.39 is 0 Å². The van der Waals surface area contributed by atoms with Gasteiger partial charge in [0.2, 0.25) is 5.91 Å². The van der Waals surface area contributed by atoms with Crippen LogP contribution in [-0.4, -0.2) is 52.1 Å². The molecule has 0 spiro atoms. The van der Waals surface area contributed by atoms with Crippen molar-refractivity contribution in [2.24, 2.45) is 5.92 Å². The number of fused-ring (bicyclic) bond motifs is 1. The standard InChI is InChI=1S/C26H32N4O2/c1-18(2)7-6-10-24(32)29-13-15-30(16-14-29)26-20-12-11-19(3)17-22(20)27-25(28-26)21-8-4-5-9-23(21)31/h4-5,8-9,11-12,17-18,31H,6-7,10,13-16H2,1-3H3. The third-order valence-corrected chi connectivity index (χ3v) is 6.08. The number of aryl methyl sites for hydroxylation is 1. The van der Waals surface area contributed by atoms with Crippen LogP contribution in [0.25, 0.3) is 22.3 Å². The molecule has 6 nitrogen and oxygen atoms in total. The predicted molar refractivity (Wildman–Crippen MR) is 129 cm³/mol. The summed E-state index contributed by atoms with van der Waals surface area (Å²) < 4.78 is 0. The number of rotatable bonds is 6. The molecule has 2 heterocycles. The smallest absolute Gasteiger partial charge is 0.222 e. The fourth-order valence-corrected chi connectivity index (χ4v) is 4.23.